The first kappa shape index (κ1) is 26.6. The van der Waals surface area contributed by atoms with Gasteiger partial charge in [-0.05, 0) is 31.2 Å². The maximum absolute atomic E-state index is 14.8. The number of halogens is 2. The van der Waals surface area contributed by atoms with Crippen LogP contribution >= 0.6 is 11.6 Å². The first-order valence-electron chi connectivity index (χ1n) is 11.7. The number of aryl methyl sites for hydroxylation is 1. The smallest absolute Gasteiger partial charge is 0.285 e. The minimum Gasteiger partial charge on any atom is -0.377 e. The molecule has 0 spiro atoms. The van der Waals surface area contributed by atoms with E-state index in [0.717, 1.165) is 23.6 Å². The van der Waals surface area contributed by atoms with E-state index in [9.17, 15) is 22.4 Å². The highest BCUT2D eigenvalue weighted by Gasteiger charge is 2.27. The van der Waals surface area contributed by atoms with Gasteiger partial charge < -0.3 is 10.2 Å². The standard InChI is InChI=1S/C24H24ClFN8O4S/c1-12(28-17-5-6-19(25)29-21(17)22(35)31-39(4,37)38)15-7-14(26)8-16-20(15)30-24(32(2)23(16)36)34-10-13-9-27-33(3)18(13)11-34/h5-9,12,28H,10-11H2,1-4H3,(H,31,35)/t12-/m1/s1. The summed E-state index contributed by atoms with van der Waals surface area (Å²) in [4.78, 5) is 36.6. The fraction of sp³-hybridized carbons (Fsp3) is 0.292. The zero-order valence-corrected chi connectivity index (χ0v) is 22.9. The van der Waals surface area contributed by atoms with E-state index >= 15 is 0 Å². The number of fused-ring (bicyclic) bond motifs is 2. The van der Waals surface area contributed by atoms with Crippen LogP contribution in [0, 0.1) is 5.82 Å². The second-order valence-corrected chi connectivity index (χ2v) is 11.5. The maximum atomic E-state index is 14.8. The van der Waals surface area contributed by atoms with Crippen molar-refractivity contribution in [2.24, 2.45) is 14.1 Å². The zero-order chi connectivity index (χ0) is 28.2. The third kappa shape index (κ3) is 5.04. The molecule has 4 aromatic rings. The molecule has 2 N–H and O–H groups in total. The van der Waals surface area contributed by atoms with Gasteiger partial charge in [-0.3, -0.25) is 18.8 Å². The lowest BCUT2D eigenvalue weighted by atomic mass is 10.0. The van der Waals surface area contributed by atoms with Crippen molar-refractivity contribution in [1.82, 2.24) is 29.0 Å². The molecule has 12 nitrogen and oxygen atoms in total. The van der Waals surface area contributed by atoms with Crippen LogP contribution in [-0.4, -0.2) is 44.9 Å². The van der Waals surface area contributed by atoms with Gasteiger partial charge in [0, 0.05) is 31.8 Å². The molecule has 5 rings (SSSR count). The van der Waals surface area contributed by atoms with Gasteiger partial charge in [-0.2, -0.15) is 5.10 Å². The summed E-state index contributed by atoms with van der Waals surface area (Å²) in [6.45, 7) is 2.70. The molecule has 0 unspecified atom stereocenters. The summed E-state index contributed by atoms with van der Waals surface area (Å²) in [5.41, 5.74) is 2.13. The monoisotopic (exact) mass is 574 g/mol. The molecule has 0 saturated carbocycles. The van der Waals surface area contributed by atoms with Crippen molar-refractivity contribution < 1.29 is 17.6 Å². The highest BCUT2D eigenvalue weighted by atomic mass is 35.5. The fourth-order valence-electron chi connectivity index (χ4n) is 4.65. The van der Waals surface area contributed by atoms with Gasteiger partial charge in [0.15, 0.2) is 5.69 Å². The van der Waals surface area contributed by atoms with Gasteiger partial charge in [-0.15, -0.1) is 0 Å². The molecule has 0 bridgehead atoms. The van der Waals surface area contributed by atoms with Gasteiger partial charge in [0.1, 0.15) is 11.0 Å². The van der Waals surface area contributed by atoms with Crippen LogP contribution in [0.25, 0.3) is 10.9 Å². The number of hydrogen-bond acceptors (Lipinski definition) is 9. The lowest BCUT2D eigenvalue weighted by Crippen LogP contribution is -2.31. The molecule has 39 heavy (non-hydrogen) atoms. The quantitative estimate of drug-likeness (QED) is 0.331. The highest BCUT2D eigenvalue weighted by Crippen LogP contribution is 2.31. The minimum absolute atomic E-state index is 0.0281. The topological polar surface area (TPSA) is 144 Å². The molecule has 1 atom stereocenters. The van der Waals surface area contributed by atoms with Gasteiger partial charge in [-0.25, -0.2) is 27.5 Å². The van der Waals surface area contributed by atoms with Crippen molar-refractivity contribution >= 4 is 50.1 Å². The zero-order valence-electron chi connectivity index (χ0n) is 21.4. The lowest BCUT2D eigenvalue weighted by molar-refractivity contribution is 0.0977. The van der Waals surface area contributed by atoms with Gasteiger partial charge in [0.05, 0.1) is 47.3 Å². The van der Waals surface area contributed by atoms with Crippen molar-refractivity contribution in [2.75, 3.05) is 16.5 Å². The molecular formula is C24H24ClFN8O4S. The number of hydrogen-bond donors (Lipinski definition) is 2. The predicted octanol–water partition coefficient (Wildman–Crippen LogP) is 2.24. The summed E-state index contributed by atoms with van der Waals surface area (Å²) < 4.78 is 43.0. The molecule has 3 aromatic heterocycles. The Morgan fingerprint density at radius 1 is 1.18 bits per heavy atom. The summed E-state index contributed by atoms with van der Waals surface area (Å²) in [6.07, 6.45) is 2.61. The average molecular weight is 575 g/mol. The number of anilines is 2. The Hall–Kier alpha value is -4.04. The van der Waals surface area contributed by atoms with Crippen LogP contribution in [0.15, 0.2) is 35.3 Å². The van der Waals surface area contributed by atoms with Crippen molar-refractivity contribution in [3.05, 3.63) is 74.3 Å². The third-order valence-electron chi connectivity index (χ3n) is 6.48. The molecule has 1 aromatic carbocycles. The van der Waals surface area contributed by atoms with E-state index in [1.165, 1.54) is 22.8 Å². The van der Waals surface area contributed by atoms with Crippen LogP contribution < -0.4 is 20.5 Å². The van der Waals surface area contributed by atoms with E-state index in [1.54, 1.807) is 24.9 Å². The molecule has 0 fully saturated rings. The van der Waals surface area contributed by atoms with Crippen molar-refractivity contribution in [1.29, 1.82) is 0 Å². The normalized spacial score (nSPS) is 13.9. The first-order chi connectivity index (χ1) is 18.3. The molecule has 1 aliphatic rings. The molecule has 1 amide bonds. The van der Waals surface area contributed by atoms with E-state index in [0.29, 0.717) is 24.6 Å². The van der Waals surface area contributed by atoms with Crippen LogP contribution in [-0.2, 0) is 37.2 Å². The number of carbonyl (C=O) groups excluding carboxylic acids is 1. The molecule has 1 aliphatic heterocycles. The third-order valence-corrected chi connectivity index (χ3v) is 7.24. The second-order valence-electron chi connectivity index (χ2n) is 9.36. The Morgan fingerprint density at radius 2 is 1.92 bits per heavy atom. The number of nitrogens with one attached hydrogen (secondary N) is 2. The number of amides is 1. The number of benzene rings is 1. The lowest BCUT2D eigenvalue weighted by Gasteiger charge is -2.23. The fourth-order valence-corrected chi connectivity index (χ4v) is 5.23. The second kappa shape index (κ2) is 9.61. The Balaban J connectivity index is 1.57. The average Bonchev–Trinajstić information content (AvgIpc) is 3.43. The molecular weight excluding hydrogens is 551 g/mol. The highest BCUT2D eigenvalue weighted by molar-refractivity contribution is 7.89. The summed E-state index contributed by atoms with van der Waals surface area (Å²) >= 11 is 5.96. The maximum Gasteiger partial charge on any atom is 0.285 e. The summed E-state index contributed by atoms with van der Waals surface area (Å²) in [5.74, 6) is -1.22. The van der Waals surface area contributed by atoms with Crippen LogP contribution in [0.3, 0.4) is 0 Å². The number of pyridine rings is 1. The van der Waals surface area contributed by atoms with Gasteiger partial charge >= 0.3 is 0 Å². The number of rotatable bonds is 6. The Kier molecular flexibility index (Phi) is 6.55. The minimum atomic E-state index is -3.87. The van der Waals surface area contributed by atoms with E-state index < -0.39 is 33.3 Å². The largest absolute Gasteiger partial charge is 0.377 e. The molecule has 0 aliphatic carbocycles. The van der Waals surface area contributed by atoms with Crippen molar-refractivity contribution in [3.63, 3.8) is 0 Å². The van der Waals surface area contributed by atoms with Gasteiger partial charge in [0.2, 0.25) is 16.0 Å². The van der Waals surface area contributed by atoms with E-state index in [2.05, 4.69) is 15.4 Å². The van der Waals surface area contributed by atoms with Crippen molar-refractivity contribution in [2.45, 2.75) is 26.1 Å². The number of aromatic nitrogens is 5. The number of sulfonamides is 1. The Morgan fingerprint density at radius 3 is 2.62 bits per heavy atom. The number of carbonyl (C=O) groups is 1. The molecule has 15 heteroatoms. The SMILES string of the molecule is C[C@@H](Nc1ccc(Cl)nc1C(=O)NS(C)(=O)=O)c1cc(F)cc2c(=O)n(C)c(N3Cc4cnn(C)c4C3)nc12. The Bertz CT molecular complexity index is 1820. The van der Waals surface area contributed by atoms with Gasteiger partial charge in [-0.1, -0.05) is 11.6 Å². The molecule has 204 valence electrons. The summed E-state index contributed by atoms with van der Waals surface area (Å²) in [6, 6.07) is 4.59. The van der Waals surface area contributed by atoms with E-state index in [-0.39, 0.29) is 27.4 Å². The first-order valence-corrected chi connectivity index (χ1v) is 14.0. The van der Waals surface area contributed by atoms with Crippen LogP contribution in [0.1, 0.15) is 40.3 Å². The summed E-state index contributed by atoms with van der Waals surface area (Å²) in [7, 11) is -0.440. The predicted molar refractivity (Wildman–Crippen MR) is 144 cm³/mol. The van der Waals surface area contributed by atoms with E-state index in [4.69, 9.17) is 16.6 Å². The molecule has 4 heterocycles. The van der Waals surface area contributed by atoms with Gasteiger partial charge in [0.25, 0.3) is 11.5 Å². The summed E-state index contributed by atoms with van der Waals surface area (Å²) in [5, 5.41) is 7.39. The Labute approximate surface area is 227 Å². The van der Waals surface area contributed by atoms with Crippen LogP contribution in [0.2, 0.25) is 5.15 Å². The number of nitrogens with zero attached hydrogens (tertiary/aromatic N) is 6. The van der Waals surface area contributed by atoms with Crippen LogP contribution in [0.5, 0.6) is 0 Å². The molecule has 0 radical (unpaired) electrons. The van der Waals surface area contributed by atoms with Crippen molar-refractivity contribution in [3.8, 4) is 0 Å². The van der Waals surface area contributed by atoms with Crippen LogP contribution in [0.4, 0.5) is 16.0 Å². The molecule has 0 saturated heterocycles. The van der Waals surface area contributed by atoms with E-state index in [1.807, 2.05) is 16.7 Å².